The summed E-state index contributed by atoms with van der Waals surface area (Å²) in [5.41, 5.74) is 1.86. The molecule has 1 aromatic rings. The van der Waals surface area contributed by atoms with Crippen LogP contribution in [-0.2, 0) is 4.79 Å². The van der Waals surface area contributed by atoms with Gasteiger partial charge in [-0.05, 0) is 51.7 Å². The molecular formula is C18H26N2O3. The lowest BCUT2D eigenvalue weighted by Gasteiger charge is -2.29. The molecule has 1 amide bonds. The number of methoxy groups -OCH3 is 1. The molecule has 1 heterocycles. The van der Waals surface area contributed by atoms with Gasteiger partial charge in [-0.2, -0.15) is 0 Å². The molecule has 0 saturated carbocycles. The van der Waals surface area contributed by atoms with E-state index in [-0.39, 0.29) is 12.1 Å². The summed E-state index contributed by atoms with van der Waals surface area (Å²) in [4.78, 5) is 17.6. The molecule has 0 radical (unpaired) electrons. The van der Waals surface area contributed by atoms with Crippen molar-refractivity contribution < 1.29 is 14.3 Å². The summed E-state index contributed by atoms with van der Waals surface area (Å²) in [7, 11) is 1.63. The fourth-order valence-corrected chi connectivity index (χ4v) is 2.73. The minimum absolute atomic E-state index is 0.0623. The van der Waals surface area contributed by atoms with Gasteiger partial charge in [0.2, 0.25) is 6.41 Å². The molecule has 1 atom stereocenters. The maximum atomic E-state index is 11.1. The molecule has 1 aromatic carbocycles. The first kappa shape index (κ1) is 17.3. The Hall–Kier alpha value is -2.04. The number of aliphatic imine (C=N–C) groups is 1. The van der Waals surface area contributed by atoms with Gasteiger partial charge in [0.25, 0.3) is 0 Å². The van der Waals surface area contributed by atoms with E-state index in [1.54, 1.807) is 7.11 Å². The van der Waals surface area contributed by atoms with Gasteiger partial charge in [-0.3, -0.25) is 9.79 Å². The van der Waals surface area contributed by atoms with Crippen molar-refractivity contribution in [3.05, 3.63) is 17.7 Å². The van der Waals surface area contributed by atoms with Crippen LogP contribution in [-0.4, -0.2) is 43.3 Å². The molecule has 0 aliphatic carbocycles. The monoisotopic (exact) mass is 318 g/mol. The fourth-order valence-electron chi connectivity index (χ4n) is 2.73. The van der Waals surface area contributed by atoms with Crippen LogP contribution in [0.3, 0.4) is 0 Å². The number of nitrogens with zero attached hydrogens (tertiary/aromatic N) is 2. The van der Waals surface area contributed by atoms with E-state index in [4.69, 9.17) is 9.47 Å². The number of amides is 1. The molecule has 126 valence electrons. The van der Waals surface area contributed by atoms with Crippen LogP contribution in [0.5, 0.6) is 11.5 Å². The van der Waals surface area contributed by atoms with Crippen molar-refractivity contribution in [2.75, 3.05) is 13.7 Å². The summed E-state index contributed by atoms with van der Waals surface area (Å²) in [5.74, 6) is 1.40. The zero-order chi connectivity index (χ0) is 16.8. The normalized spacial score (nSPS) is 18.5. The average molecular weight is 318 g/mol. The van der Waals surface area contributed by atoms with Gasteiger partial charge >= 0.3 is 0 Å². The molecule has 0 N–H and O–H groups in total. The molecule has 1 aliphatic rings. The number of ether oxygens (including phenoxy) is 2. The van der Waals surface area contributed by atoms with Crippen molar-refractivity contribution >= 4 is 18.3 Å². The Morgan fingerprint density at radius 1 is 1.30 bits per heavy atom. The van der Waals surface area contributed by atoms with Gasteiger partial charge in [0.15, 0.2) is 11.5 Å². The van der Waals surface area contributed by atoms with Gasteiger partial charge in [-0.1, -0.05) is 0 Å². The molecule has 1 saturated heterocycles. The smallest absolute Gasteiger partial charge is 0.210 e. The number of hydrogen-bond acceptors (Lipinski definition) is 4. The lowest BCUT2D eigenvalue weighted by Crippen LogP contribution is -2.39. The Morgan fingerprint density at radius 3 is 2.74 bits per heavy atom. The second-order valence-electron chi connectivity index (χ2n) is 6.14. The van der Waals surface area contributed by atoms with E-state index in [9.17, 15) is 4.79 Å². The highest BCUT2D eigenvalue weighted by Gasteiger charge is 2.19. The summed E-state index contributed by atoms with van der Waals surface area (Å²) in [6, 6.07) is 3.92. The highest BCUT2D eigenvalue weighted by molar-refractivity contribution is 5.73. The first-order valence-corrected chi connectivity index (χ1v) is 8.15. The summed E-state index contributed by atoms with van der Waals surface area (Å²) in [6.07, 6.45) is 6.02. The van der Waals surface area contributed by atoms with Crippen LogP contribution >= 0.6 is 0 Å². The summed E-state index contributed by atoms with van der Waals surface area (Å²) in [6.45, 7) is 6.76. The van der Waals surface area contributed by atoms with Crippen LogP contribution < -0.4 is 9.47 Å². The van der Waals surface area contributed by atoms with E-state index in [0.717, 1.165) is 43.5 Å². The third kappa shape index (κ3) is 4.47. The van der Waals surface area contributed by atoms with Crippen LogP contribution in [0.1, 0.15) is 38.7 Å². The van der Waals surface area contributed by atoms with Crippen LogP contribution in [0.4, 0.5) is 5.69 Å². The minimum atomic E-state index is 0.0623. The summed E-state index contributed by atoms with van der Waals surface area (Å²) < 4.78 is 11.2. The Balaban J connectivity index is 2.24. The quantitative estimate of drug-likeness (QED) is 0.596. The van der Waals surface area contributed by atoms with Crippen molar-refractivity contribution in [2.24, 2.45) is 4.99 Å². The number of carbonyl (C=O) groups is 1. The highest BCUT2D eigenvalue weighted by atomic mass is 16.5. The second kappa shape index (κ2) is 7.99. The van der Waals surface area contributed by atoms with E-state index in [1.807, 2.05) is 44.0 Å². The SMILES string of the molecule is COc1cc(C)c(/N=C\C2CCCCN2C=O)cc1OC(C)C. The molecule has 5 heteroatoms. The first-order valence-electron chi connectivity index (χ1n) is 8.15. The number of rotatable bonds is 6. The van der Waals surface area contributed by atoms with Gasteiger partial charge in [-0.15, -0.1) is 0 Å². The van der Waals surface area contributed by atoms with E-state index < -0.39 is 0 Å². The number of aryl methyl sites for hydroxylation is 1. The van der Waals surface area contributed by atoms with E-state index in [0.29, 0.717) is 11.5 Å². The van der Waals surface area contributed by atoms with E-state index in [1.165, 1.54) is 0 Å². The third-order valence-electron chi connectivity index (χ3n) is 3.96. The van der Waals surface area contributed by atoms with Gasteiger partial charge in [0, 0.05) is 18.8 Å². The number of piperidine rings is 1. The minimum Gasteiger partial charge on any atom is -0.493 e. The molecule has 0 spiro atoms. The maximum absolute atomic E-state index is 11.1. The van der Waals surface area contributed by atoms with Crippen LogP contribution in [0, 0.1) is 6.92 Å². The lowest BCUT2D eigenvalue weighted by atomic mass is 10.0. The number of carbonyl (C=O) groups excluding carboxylic acids is 1. The average Bonchev–Trinajstić information content (AvgIpc) is 2.54. The Labute approximate surface area is 138 Å². The van der Waals surface area contributed by atoms with Crippen molar-refractivity contribution in [2.45, 2.75) is 52.2 Å². The van der Waals surface area contributed by atoms with Gasteiger partial charge < -0.3 is 14.4 Å². The molecule has 23 heavy (non-hydrogen) atoms. The van der Waals surface area contributed by atoms with Crippen LogP contribution in [0.2, 0.25) is 0 Å². The number of hydrogen-bond donors (Lipinski definition) is 0. The Bertz CT molecular complexity index is 570. The third-order valence-corrected chi connectivity index (χ3v) is 3.96. The van der Waals surface area contributed by atoms with Gasteiger partial charge in [0.1, 0.15) is 0 Å². The first-order chi connectivity index (χ1) is 11.0. The molecule has 0 bridgehead atoms. The highest BCUT2D eigenvalue weighted by Crippen LogP contribution is 2.35. The summed E-state index contributed by atoms with van der Waals surface area (Å²) >= 11 is 0. The van der Waals surface area contributed by atoms with Crippen molar-refractivity contribution in [3.63, 3.8) is 0 Å². The molecular weight excluding hydrogens is 292 g/mol. The number of likely N-dealkylation sites (tertiary alicyclic amines) is 1. The van der Waals surface area contributed by atoms with E-state index in [2.05, 4.69) is 4.99 Å². The lowest BCUT2D eigenvalue weighted by molar-refractivity contribution is -0.119. The molecule has 0 aromatic heterocycles. The Kier molecular flexibility index (Phi) is 6.02. The predicted octanol–water partition coefficient (Wildman–Crippen LogP) is 3.50. The summed E-state index contributed by atoms with van der Waals surface area (Å²) in [5, 5.41) is 0. The van der Waals surface area contributed by atoms with Crippen LogP contribution in [0.15, 0.2) is 17.1 Å². The topological polar surface area (TPSA) is 51.1 Å². The standard InChI is InChI=1S/C18H26N2O3/c1-13(2)23-18-10-16(14(3)9-17(18)22-4)19-11-15-7-5-6-8-20(15)12-21/h9-13,15H,5-8H2,1-4H3/b19-11-. The van der Waals surface area contributed by atoms with Crippen LogP contribution in [0.25, 0.3) is 0 Å². The van der Waals surface area contributed by atoms with Gasteiger partial charge in [-0.25, -0.2) is 0 Å². The molecule has 1 unspecified atom stereocenters. The molecule has 2 rings (SSSR count). The maximum Gasteiger partial charge on any atom is 0.210 e. The molecule has 1 aliphatic heterocycles. The van der Waals surface area contributed by atoms with Crippen molar-refractivity contribution in [1.29, 1.82) is 0 Å². The second-order valence-corrected chi connectivity index (χ2v) is 6.14. The van der Waals surface area contributed by atoms with E-state index >= 15 is 0 Å². The zero-order valence-corrected chi connectivity index (χ0v) is 14.4. The Morgan fingerprint density at radius 2 is 2.09 bits per heavy atom. The van der Waals surface area contributed by atoms with Crippen molar-refractivity contribution in [3.8, 4) is 11.5 Å². The zero-order valence-electron chi connectivity index (χ0n) is 14.4. The number of benzene rings is 1. The van der Waals surface area contributed by atoms with Gasteiger partial charge in [0.05, 0.1) is 24.9 Å². The predicted molar refractivity (Wildman–Crippen MR) is 92.1 cm³/mol. The van der Waals surface area contributed by atoms with Crippen molar-refractivity contribution in [1.82, 2.24) is 4.90 Å². The largest absolute Gasteiger partial charge is 0.493 e. The molecule has 1 fully saturated rings. The fraction of sp³-hybridized carbons (Fsp3) is 0.556. The molecule has 5 nitrogen and oxygen atoms in total.